The Morgan fingerprint density at radius 2 is 1.74 bits per heavy atom. The molecule has 0 spiro atoms. The molecule has 1 unspecified atom stereocenters. The van der Waals surface area contributed by atoms with Crippen molar-refractivity contribution < 1.29 is 4.79 Å². The van der Waals surface area contributed by atoms with Crippen LogP contribution in [0.2, 0.25) is 10.0 Å². The van der Waals surface area contributed by atoms with Gasteiger partial charge in [0.05, 0.1) is 21.9 Å². The van der Waals surface area contributed by atoms with Crippen LogP contribution in [0.15, 0.2) is 60.7 Å². The lowest BCUT2D eigenvalue weighted by atomic mass is 10.1. The molecule has 1 amide bonds. The van der Waals surface area contributed by atoms with E-state index in [0.29, 0.717) is 15.6 Å². The van der Waals surface area contributed by atoms with Crippen molar-refractivity contribution >= 4 is 56.6 Å². The lowest BCUT2D eigenvalue weighted by molar-refractivity contribution is 0.0824. The molecule has 7 heteroatoms. The number of rotatable bonds is 6. The molecular weight excluding hydrogens is 467 g/mol. The number of aromatic nitrogens is 1. The van der Waals surface area contributed by atoms with Crippen molar-refractivity contribution in [3.8, 4) is 0 Å². The number of carbonyl (C=O) groups is 1. The molecule has 1 saturated heterocycles. The van der Waals surface area contributed by atoms with Crippen LogP contribution in [0.5, 0.6) is 0 Å². The summed E-state index contributed by atoms with van der Waals surface area (Å²) in [5, 5.41) is 6.67. The maximum atomic E-state index is 13.3. The number of hydrogen-bond acceptors (Lipinski definition) is 3. The molecule has 2 N–H and O–H groups in total. The number of aromatic amines is 1. The SMILES string of the molecule is CCCC(NC(=O)c1ccc2[nH]c3ccccc3c2c1)N1CCN(c2cccc(Cl)c2Cl)CC1. The van der Waals surface area contributed by atoms with Gasteiger partial charge in [-0.25, -0.2) is 0 Å². The number of nitrogens with one attached hydrogen (secondary N) is 2. The second-order valence-electron chi connectivity index (χ2n) is 8.80. The Kier molecular flexibility index (Phi) is 6.68. The first-order chi connectivity index (χ1) is 16.5. The van der Waals surface area contributed by atoms with Gasteiger partial charge in [-0.15, -0.1) is 0 Å². The molecule has 1 aromatic heterocycles. The third-order valence-electron chi connectivity index (χ3n) is 6.66. The van der Waals surface area contributed by atoms with Crippen molar-refractivity contribution in [2.75, 3.05) is 31.1 Å². The van der Waals surface area contributed by atoms with Gasteiger partial charge in [-0.3, -0.25) is 9.69 Å². The maximum Gasteiger partial charge on any atom is 0.252 e. The number of fused-ring (bicyclic) bond motifs is 3. The largest absolute Gasteiger partial charge is 0.368 e. The highest BCUT2D eigenvalue weighted by molar-refractivity contribution is 6.43. The topological polar surface area (TPSA) is 51.4 Å². The molecule has 1 aliphatic rings. The van der Waals surface area contributed by atoms with E-state index < -0.39 is 0 Å². The zero-order chi connectivity index (χ0) is 23.7. The van der Waals surface area contributed by atoms with Crippen LogP contribution in [0, 0.1) is 0 Å². The van der Waals surface area contributed by atoms with E-state index in [1.54, 1.807) is 0 Å². The number of anilines is 1. The highest BCUT2D eigenvalue weighted by atomic mass is 35.5. The summed E-state index contributed by atoms with van der Waals surface area (Å²) in [5.74, 6) is -0.0362. The molecular formula is C27H28Cl2N4O. The molecule has 5 rings (SSSR count). The van der Waals surface area contributed by atoms with Gasteiger partial charge in [0, 0.05) is 53.5 Å². The van der Waals surface area contributed by atoms with Gasteiger partial charge in [0.25, 0.3) is 5.91 Å². The summed E-state index contributed by atoms with van der Waals surface area (Å²) < 4.78 is 0. The van der Waals surface area contributed by atoms with Gasteiger partial charge in [0.1, 0.15) is 0 Å². The number of piperazine rings is 1. The van der Waals surface area contributed by atoms with Gasteiger partial charge >= 0.3 is 0 Å². The maximum absolute atomic E-state index is 13.3. The number of H-pyrrole nitrogens is 1. The molecule has 0 saturated carbocycles. The minimum Gasteiger partial charge on any atom is -0.368 e. The summed E-state index contributed by atoms with van der Waals surface area (Å²) in [6.45, 7) is 5.50. The first kappa shape index (κ1) is 23.0. The third-order valence-corrected chi connectivity index (χ3v) is 7.46. The molecule has 34 heavy (non-hydrogen) atoms. The quantitative estimate of drug-likeness (QED) is 0.330. The Morgan fingerprint density at radius 3 is 2.53 bits per heavy atom. The highest BCUT2D eigenvalue weighted by Gasteiger charge is 2.26. The third kappa shape index (κ3) is 4.48. The summed E-state index contributed by atoms with van der Waals surface area (Å²) in [7, 11) is 0. The monoisotopic (exact) mass is 494 g/mol. The van der Waals surface area contributed by atoms with E-state index in [1.807, 2.05) is 48.5 Å². The van der Waals surface area contributed by atoms with Crippen molar-refractivity contribution in [3.63, 3.8) is 0 Å². The summed E-state index contributed by atoms with van der Waals surface area (Å²) in [6.07, 6.45) is 1.89. The van der Waals surface area contributed by atoms with Gasteiger partial charge in [0.2, 0.25) is 0 Å². The number of amides is 1. The molecule has 1 fully saturated rings. The van der Waals surface area contributed by atoms with Crippen LogP contribution >= 0.6 is 23.2 Å². The fourth-order valence-corrected chi connectivity index (χ4v) is 5.27. The van der Waals surface area contributed by atoms with Gasteiger partial charge in [-0.2, -0.15) is 0 Å². The summed E-state index contributed by atoms with van der Waals surface area (Å²) >= 11 is 12.6. The normalized spacial score (nSPS) is 15.7. The zero-order valence-corrected chi connectivity index (χ0v) is 20.7. The molecule has 5 nitrogen and oxygen atoms in total. The second-order valence-corrected chi connectivity index (χ2v) is 9.59. The van der Waals surface area contributed by atoms with Gasteiger partial charge < -0.3 is 15.2 Å². The molecule has 1 atom stereocenters. The number of nitrogens with zero attached hydrogens (tertiary/aromatic N) is 2. The number of halogens is 2. The molecule has 0 radical (unpaired) electrons. The Morgan fingerprint density at radius 1 is 0.971 bits per heavy atom. The van der Waals surface area contributed by atoms with E-state index in [0.717, 1.165) is 66.5 Å². The Balaban J connectivity index is 1.30. The fraction of sp³-hybridized carbons (Fsp3) is 0.296. The van der Waals surface area contributed by atoms with Crippen molar-refractivity contribution in [3.05, 3.63) is 76.3 Å². The number of benzene rings is 3. The number of para-hydroxylation sites is 1. The Hall–Kier alpha value is -2.73. The first-order valence-corrected chi connectivity index (χ1v) is 12.5. The van der Waals surface area contributed by atoms with Crippen LogP contribution in [-0.2, 0) is 0 Å². The van der Waals surface area contributed by atoms with Crippen molar-refractivity contribution in [2.24, 2.45) is 0 Å². The Bertz CT molecular complexity index is 1330. The van der Waals surface area contributed by atoms with E-state index >= 15 is 0 Å². The summed E-state index contributed by atoms with van der Waals surface area (Å²) in [4.78, 5) is 21.3. The van der Waals surface area contributed by atoms with E-state index in [-0.39, 0.29) is 12.1 Å². The second kappa shape index (κ2) is 9.87. The van der Waals surface area contributed by atoms with Gasteiger partial charge in [-0.1, -0.05) is 60.8 Å². The van der Waals surface area contributed by atoms with Gasteiger partial charge in [-0.05, 0) is 42.8 Å². The molecule has 1 aliphatic heterocycles. The minimum absolute atomic E-state index is 0.00634. The molecule has 176 valence electrons. The van der Waals surface area contributed by atoms with Crippen LogP contribution in [-0.4, -0.2) is 48.1 Å². The molecule has 0 aliphatic carbocycles. The Labute approximate surface area is 209 Å². The average molecular weight is 495 g/mol. The highest BCUT2D eigenvalue weighted by Crippen LogP contribution is 2.33. The van der Waals surface area contributed by atoms with E-state index in [1.165, 1.54) is 0 Å². The average Bonchev–Trinajstić information content (AvgIpc) is 3.23. The molecule has 2 heterocycles. The summed E-state index contributed by atoms with van der Waals surface area (Å²) in [5.41, 5.74) is 3.77. The molecule has 0 bridgehead atoms. The van der Waals surface area contributed by atoms with Crippen molar-refractivity contribution in [2.45, 2.75) is 25.9 Å². The van der Waals surface area contributed by atoms with Crippen LogP contribution in [0.4, 0.5) is 5.69 Å². The fourth-order valence-electron chi connectivity index (χ4n) is 4.85. The molecule has 4 aromatic rings. The smallest absolute Gasteiger partial charge is 0.252 e. The van der Waals surface area contributed by atoms with Crippen molar-refractivity contribution in [1.29, 1.82) is 0 Å². The lowest BCUT2D eigenvalue weighted by Crippen LogP contribution is -2.56. The molecule has 3 aromatic carbocycles. The summed E-state index contributed by atoms with van der Waals surface area (Å²) in [6, 6.07) is 19.8. The van der Waals surface area contributed by atoms with Crippen LogP contribution in [0.3, 0.4) is 0 Å². The minimum atomic E-state index is -0.0362. The van der Waals surface area contributed by atoms with Crippen LogP contribution in [0.25, 0.3) is 21.8 Å². The number of carbonyl (C=O) groups excluding carboxylic acids is 1. The zero-order valence-electron chi connectivity index (χ0n) is 19.2. The van der Waals surface area contributed by atoms with E-state index in [4.69, 9.17) is 23.2 Å². The van der Waals surface area contributed by atoms with Crippen molar-refractivity contribution in [1.82, 2.24) is 15.2 Å². The predicted octanol–water partition coefficient (Wildman–Crippen LogP) is 6.31. The van der Waals surface area contributed by atoms with E-state index in [2.05, 4.69) is 39.2 Å². The number of hydrogen-bond donors (Lipinski definition) is 2. The van der Waals surface area contributed by atoms with Crippen LogP contribution < -0.4 is 10.2 Å². The predicted molar refractivity (Wildman–Crippen MR) is 142 cm³/mol. The first-order valence-electron chi connectivity index (χ1n) is 11.8. The van der Waals surface area contributed by atoms with E-state index in [9.17, 15) is 4.79 Å². The van der Waals surface area contributed by atoms with Gasteiger partial charge in [0.15, 0.2) is 0 Å². The van der Waals surface area contributed by atoms with Crippen LogP contribution in [0.1, 0.15) is 30.1 Å². The standard InChI is InChI=1S/C27H28Cl2N4O/c1-2-6-25(33-15-13-32(14-16-33)24-10-5-8-21(28)26(24)29)31-27(34)18-11-12-23-20(17-18)19-7-3-4-9-22(19)30-23/h3-5,7-12,17,25,30H,2,6,13-16H2,1H3,(H,31,34). The lowest BCUT2D eigenvalue weighted by Gasteiger charge is -2.40.